The van der Waals surface area contributed by atoms with Crippen molar-refractivity contribution in [2.45, 2.75) is 6.54 Å². The second kappa shape index (κ2) is 7.25. The van der Waals surface area contributed by atoms with Crippen LogP contribution in [-0.4, -0.2) is 5.11 Å². The Kier molecular flexibility index (Phi) is 4.89. The van der Waals surface area contributed by atoms with Gasteiger partial charge in [-0.3, -0.25) is 0 Å². The Bertz CT molecular complexity index is 808. The largest absolute Gasteiger partial charge is 0.508 e. The van der Waals surface area contributed by atoms with E-state index in [1.807, 2.05) is 24.3 Å². The molecule has 0 saturated heterocycles. The molecule has 0 amide bonds. The van der Waals surface area contributed by atoms with E-state index in [0.717, 1.165) is 22.1 Å². The van der Waals surface area contributed by atoms with Crippen molar-refractivity contribution in [1.29, 1.82) is 0 Å². The van der Waals surface area contributed by atoms with Gasteiger partial charge in [-0.2, -0.15) is 0 Å². The maximum Gasteiger partial charge on any atom is 0.174 e. The van der Waals surface area contributed by atoms with E-state index in [4.69, 9.17) is 0 Å². The lowest BCUT2D eigenvalue weighted by Gasteiger charge is -2.01. The van der Waals surface area contributed by atoms with E-state index in [1.165, 1.54) is 5.56 Å². The second-order valence-corrected chi connectivity index (χ2v) is 6.17. The number of halogens is 1. The third-order valence-electron chi connectivity index (χ3n) is 3.59. The van der Waals surface area contributed by atoms with Gasteiger partial charge in [0.05, 0.1) is 0 Å². The van der Waals surface area contributed by atoms with E-state index in [2.05, 4.69) is 69.3 Å². The monoisotopic (exact) mass is 366 g/mol. The van der Waals surface area contributed by atoms with Gasteiger partial charge in [-0.25, -0.2) is 4.57 Å². The summed E-state index contributed by atoms with van der Waals surface area (Å²) in [6.45, 7) is 0.837. The minimum atomic E-state index is 0.287. The molecule has 2 aromatic carbocycles. The second-order valence-electron chi connectivity index (χ2n) is 5.32. The van der Waals surface area contributed by atoms with E-state index >= 15 is 0 Å². The smallest absolute Gasteiger partial charge is 0.174 e. The fraction of sp³-hybridized carbons (Fsp3) is 0.0500. The Balaban J connectivity index is 1.69. The molecule has 0 aliphatic carbocycles. The van der Waals surface area contributed by atoms with Gasteiger partial charge < -0.3 is 5.11 Å². The number of phenols is 1. The Morgan fingerprint density at radius 2 is 1.43 bits per heavy atom. The highest BCUT2D eigenvalue weighted by molar-refractivity contribution is 9.10. The molecule has 3 aromatic rings. The summed E-state index contributed by atoms with van der Waals surface area (Å²) >= 11 is 3.58. The van der Waals surface area contributed by atoms with Crippen LogP contribution in [0.25, 0.3) is 12.2 Å². The predicted octanol–water partition coefficient (Wildman–Crippen LogP) is 4.66. The lowest BCUT2D eigenvalue weighted by molar-refractivity contribution is -0.688. The number of aromatic hydroxyl groups is 1. The molecule has 0 radical (unpaired) electrons. The summed E-state index contributed by atoms with van der Waals surface area (Å²) in [7, 11) is 0. The molecule has 0 aliphatic heterocycles. The molecule has 3 rings (SSSR count). The minimum Gasteiger partial charge on any atom is -0.508 e. The van der Waals surface area contributed by atoms with Crippen LogP contribution in [-0.2, 0) is 6.54 Å². The molecule has 1 N–H and O–H groups in total. The van der Waals surface area contributed by atoms with Gasteiger partial charge in [0.2, 0.25) is 0 Å². The number of nitrogens with zero attached hydrogens (tertiary/aromatic N) is 1. The van der Waals surface area contributed by atoms with Crippen molar-refractivity contribution in [3.8, 4) is 5.75 Å². The van der Waals surface area contributed by atoms with Gasteiger partial charge in [0.15, 0.2) is 18.9 Å². The lowest BCUT2D eigenvalue weighted by Crippen LogP contribution is -2.33. The SMILES string of the molecule is Oc1ccc(C=Cc2cc[n+](Cc3ccccc3Br)cc2)cc1. The van der Waals surface area contributed by atoms with Crippen molar-refractivity contribution in [2.24, 2.45) is 0 Å². The highest BCUT2D eigenvalue weighted by Gasteiger charge is 2.05. The number of phenolic OH excluding ortho intramolecular Hbond substituents is 1. The maximum absolute atomic E-state index is 9.28. The van der Waals surface area contributed by atoms with Crippen LogP contribution in [0.5, 0.6) is 5.75 Å². The molecule has 0 bridgehead atoms. The van der Waals surface area contributed by atoms with Crippen LogP contribution in [0.4, 0.5) is 0 Å². The molecule has 0 atom stereocenters. The van der Waals surface area contributed by atoms with E-state index in [-0.39, 0.29) is 5.75 Å². The minimum absolute atomic E-state index is 0.287. The van der Waals surface area contributed by atoms with Crippen molar-refractivity contribution in [1.82, 2.24) is 0 Å². The average Bonchev–Trinajstić information content (AvgIpc) is 2.58. The molecule has 1 aromatic heterocycles. The standard InChI is InChI=1S/C20H16BrNO/c21-20-4-2-1-3-18(20)15-22-13-11-17(12-14-22)6-5-16-7-9-19(23)10-8-16/h1-14H,15H2/p+1. The summed E-state index contributed by atoms with van der Waals surface area (Å²) in [4.78, 5) is 0. The Morgan fingerprint density at radius 3 is 2.09 bits per heavy atom. The van der Waals surface area contributed by atoms with E-state index in [9.17, 15) is 5.11 Å². The molecule has 0 unspecified atom stereocenters. The Morgan fingerprint density at radius 1 is 0.826 bits per heavy atom. The summed E-state index contributed by atoms with van der Waals surface area (Å²) < 4.78 is 3.28. The fourth-order valence-corrected chi connectivity index (χ4v) is 2.70. The van der Waals surface area contributed by atoms with Crippen LogP contribution in [0, 0.1) is 0 Å². The predicted molar refractivity (Wildman–Crippen MR) is 96.9 cm³/mol. The van der Waals surface area contributed by atoms with Crippen molar-refractivity contribution in [3.05, 3.63) is 94.2 Å². The van der Waals surface area contributed by atoms with Gasteiger partial charge in [-0.1, -0.05) is 58.4 Å². The summed E-state index contributed by atoms with van der Waals surface area (Å²) in [6.07, 6.45) is 8.26. The zero-order valence-corrected chi connectivity index (χ0v) is 14.1. The maximum atomic E-state index is 9.28. The van der Waals surface area contributed by atoms with Gasteiger partial charge in [0, 0.05) is 22.2 Å². The van der Waals surface area contributed by atoms with Gasteiger partial charge in [-0.15, -0.1) is 0 Å². The molecule has 114 valence electrons. The van der Waals surface area contributed by atoms with Crippen LogP contribution in [0.1, 0.15) is 16.7 Å². The lowest BCUT2D eigenvalue weighted by atomic mass is 10.1. The molecular formula is C20H17BrNO+. The molecule has 0 spiro atoms. The van der Waals surface area contributed by atoms with Crippen LogP contribution in [0.2, 0.25) is 0 Å². The van der Waals surface area contributed by atoms with E-state index in [1.54, 1.807) is 12.1 Å². The third-order valence-corrected chi connectivity index (χ3v) is 4.36. The third kappa shape index (κ3) is 4.30. The van der Waals surface area contributed by atoms with Crippen molar-refractivity contribution in [3.63, 3.8) is 0 Å². The molecule has 3 heteroatoms. The summed E-state index contributed by atoms with van der Waals surface area (Å²) in [6, 6.07) is 19.6. The van der Waals surface area contributed by atoms with Crippen LogP contribution < -0.4 is 4.57 Å². The first-order chi connectivity index (χ1) is 11.2. The molecule has 2 nitrogen and oxygen atoms in total. The normalized spacial score (nSPS) is 11.0. The zero-order chi connectivity index (χ0) is 16.1. The number of hydrogen-bond donors (Lipinski definition) is 1. The number of rotatable bonds is 4. The van der Waals surface area contributed by atoms with Crippen LogP contribution in [0.15, 0.2) is 77.5 Å². The first kappa shape index (κ1) is 15.5. The van der Waals surface area contributed by atoms with Gasteiger partial charge >= 0.3 is 0 Å². The Labute approximate surface area is 144 Å². The van der Waals surface area contributed by atoms with Gasteiger partial charge in [0.25, 0.3) is 0 Å². The summed E-state index contributed by atoms with van der Waals surface area (Å²) in [5.41, 5.74) is 3.46. The molecule has 0 saturated carbocycles. The topological polar surface area (TPSA) is 24.1 Å². The highest BCUT2D eigenvalue weighted by atomic mass is 79.9. The van der Waals surface area contributed by atoms with Gasteiger partial charge in [0.1, 0.15) is 5.75 Å². The summed E-state index contributed by atoms with van der Waals surface area (Å²) in [5, 5.41) is 9.28. The number of aromatic nitrogens is 1. The van der Waals surface area contributed by atoms with Gasteiger partial charge in [-0.05, 0) is 29.3 Å². The van der Waals surface area contributed by atoms with Crippen molar-refractivity contribution >= 4 is 28.1 Å². The summed E-state index contributed by atoms with van der Waals surface area (Å²) in [5.74, 6) is 0.287. The quantitative estimate of drug-likeness (QED) is 0.667. The first-order valence-corrected chi connectivity index (χ1v) is 8.20. The molecule has 1 heterocycles. The highest BCUT2D eigenvalue weighted by Crippen LogP contribution is 2.15. The Hall–Kier alpha value is -2.39. The molecular weight excluding hydrogens is 350 g/mol. The zero-order valence-electron chi connectivity index (χ0n) is 12.6. The van der Waals surface area contributed by atoms with Crippen molar-refractivity contribution in [2.75, 3.05) is 0 Å². The fourth-order valence-electron chi connectivity index (χ4n) is 2.29. The molecule has 0 fully saturated rings. The molecule has 0 aliphatic rings. The van der Waals surface area contributed by atoms with Crippen LogP contribution >= 0.6 is 15.9 Å². The van der Waals surface area contributed by atoms with E-state index < -0.39 is 0 Å². The van der Waals surface area contributed by atoms with E-state index in [0.29, 0.717) is 0 Å². The van der Waals surface area contributed by atoms with Crippen molar-refractivity contribution < 1.29 is 9.67 Å². The number of hydrogen-bond acceptors (Lipinski definition) is 1. The van der Waals surface area contributed by atoms with Crippen LogP contribution in [0.3, 0.4) is 0 Å². The number of pyridine rings is 1. The first-order valence-electron chi connectivity index (χ1n) is 7.40. The number of benzene rings is 2. The molecule has 23 heavy (non-hydrogen) atoms. The average molecular weight is 367 g/mol.